The lowest BCUT2D eigenvalue weighted by molar-refractivity contribution is -0.141. The van der Waals surface area contributed by atoms with Crippen LogP contribution in [0.3, 0.4) is 0 Å². The maximum atomic E-state index is 13.3. The summed E-state index contributed by atoms with van der Waals surface area (Å²) in [4.78, 5) is 39.1. The third-order valence-electron chi connectivity index (χ3n) is 5.21. The zero-order valence-electron chi connectivity index (χ0n) is 17.8. The molecule has 1 aromatic rings. The van der Waals surface area contributed by atoms with E-state index in [1.54, 1.807) is 17.6 Å². The number of hydrogen-bond donors (Lipinski definition) is 4. The predicted molar refractivity (Wildman–Crippen MR) is 120 cm³/mol. The van der Waals surface area contributed by atoms with Gasteiger partial charge in [0.2, 0.25) is 5.91 Å². The first kappa shape index (κ1) is 25.2. The smallest absolute Gasteiger partial charge is 0.319 e. The third-order valence-corrected chi connectivity index (χ3v) is 5.78. The highest BCUT2D eigenvalue weighted by atomic mass is 35.5. The Hall–Kier alpha value is -2.03. The van der Waals surface area contributed by atoms with Gasteiger partial charge in [0.25, 0.3) is 5.91 Å². The van der Waals surface area contributed by atoms with Gasteiger partial charge in [-0.15, -0.1) is 0 Å². The molecule has 0 spiro atoms. The van der Waals surface area contributed by atoms with Gasteiger partial charge in [0.05, 0.1) is 10.7 Å². The van der Waals surface area contributed by atoms with Crippen LogP contribution in [-0.4, -0.2) is 47.1 Å². The largest absolute Gasteiger partial charge is 0.331 e. The van der Waals surface area contributed by atoms with Crippen molar-refractivity contribution in [1.82, 2.24) is 15.7 Å². The summed E-state index contributed by atoms with van der Waals surface area (Å²) in [5.41, 5.74) is 1.90. The predicted octanol–water partition coefficient (Wildman–Crippen LogP) is 4.05. The van der Waals surface area contributed by atoms with Crippen LogP contribution >= 0.6 is 23.2 Å². The van der Waals surface area contributed by atoms with Gasteiger partial charge in [0.1, 0.15) is 12.6 Å². The Morgan fingerprint density at radius 3 is 2.48 bits per heavy atom. The van der Waals surface area contributed by atoms with Crippen molar-refractivity contribution in [1.29, 1.82) is 0 Å². The SMILES string of the molecule is CC(C)C[C@H](NC(=O)Nc1cc(Cl)ccc1Cl)C(=O)N(CC(=O)NO)CC1CCCC1. The molecule has 1 aromatic carbocycles. The van der Waals surface area contributed by atoms with Gasteiger partial charge in [-0.25, -0.2) is 10.3 Å². The molecule has 1 fully saturated rings. The zero-order valence-corrected chi connectivity index (χ0v) is 19.3. The Balaban J connectivity index is 2.14. The molecule has 0 saturated heterocycles. The van der Waals surface area contributed by atoms with Crippen LogP contribution in [0.1, 0.15) is 46.0 Å². The summed E-state index contributed by atoms with van der Waals surface area (Å²) >= 11 is 12.1. The van der Waals surface area contributed by atoms with Crippen molar-refractivity contribution in [3.8, 4) is 0 Å². The number of hydroxylamine groups is 1. The van der Waals surface area contributed by atoms with E-state index >= 15 is 0 Å². The fourth-order valence-corrected chi connectivity index (χ4v) is 4.11. The van der Waals surface area contributed by atoms with Gasteiger partial charge >= 0.3 is 6.03 Å². The zero-order chi connectivity index (χ0) is 23.0. The van der Waals surface area contributed by atoms with Crippen LogP contribution in [0.15, 0.2) is 18.2 Å². The Bertz CT molecular complexity index is 785. The van der Waals surface area contributed by atoms with Gasteiger partial charge in [-0.1, -0.05) is 49.9 Å². The van der Waals surface area contributed by atoms with Gasteiger partial charge in [-0.05, 0) is 49.3 Å². The molecule has 0 aliphatic heterocycles. The molecule has 172 valence electrons. The van der Waals surface area contributed by atoms with Crippen molar-refractivity contribution < 1.29 is 19.6 Å². The molecular formula is C21H30Cl2N4O4. The van der Waals surface area contributed by atoms with Crippen LogP contribution in [0.25, 0.3) is 0 Å². The molecule has 31 heavy (non-hydrogen) atoms. The van der Waals surface area contributed by atoms with E-state index in [4.69, 9.17) is 28.4 Å². The van der Waals surface area contributed by atoms with Gasteiger partial charge < -0.3 is 15.5 Å². The van der Waals surface area contributed by atoms with E-state index in [9.17, 15) is 14.4 Å². The summed E-state index contributed by atoms with van der Waals surface area (Å²) in [5, 5.41) is 15.0. The maximum absolute atomic E-state index is 13.3. The van der Waals surface area contributed by atoms with E-state index < -0.39 is 18.0 Å². The summed E-state index contributed by atoms with van der Waals surface area (Å²) in [6.07, 6.45) is 4.54. The first-order valence-corrected chi connectivity index (χ1v) is 11.2. The first-order valence-electron chi connectivity index (χ1n) is 10.4. The number of nitrogens with zero attached hydrogens (tertiary/aromatic N) is 1. The normalized spacial score (nSPS) is 14.9. The number of amides is 4. The molecule has 0 radical (unpaired) electrons. The molecule has 0 heterocycles. The summed E-state index contributed by atoms with van der Waals surface area (Å²) in [6.45, 7) is 4.01. The summed E-state index contributed by atoms with van der Waals surface area (Å²) in [6, 6.07) is 3.24. The second-order valence-corrected chi connectivity index (χ2v) is 9.15. The highest BCUT2D eigenvalue weighted by Gasteiger charge is 2.30. The lowest BCUT2D eigenvalue weighted by Crippen LogP contribution is -2.53. The number of urea groups is 1. The summed E-state index contributed by atoms with van der Waals surface area (Å²) < 4.78 is 0. The van der Waals surface area contributed by atoms with Crippen LogP contribution in [-0.2, 0) is 9.59 Å². The summed E-state index contributed by atoms with van der Waals surface area (Å²) in [7, 11) is 0. The first-order chi connectivity index (χ1) is 14.7. The Labute approximate surface area is 192 Å². The summed E-state index contributed by atoms with van der Waals surface area (Å²) in [5.74, 6) is -0.625. The van der Waals surface area contributed by atoms with Crippen LogP contribution < -0.4 is 16.1 Å². The molecule has 1 aliphatic rings. The standard InChI is InChI=1S/C21H30Cl2N4O4/c1-13(2)9-18(25-21(30)24-17-10-15(22)7-8-16(17)23)20(29)27(12-19(28)26-31)11-14-5-3-4-6-14/h7-8,10,13-14,18,31H,3-6,9,11-12H2,1-2H3,(H,26,28)(H2,24,25,30)/t18-/m0/s1. The van der Waals surface area contributed by atoms with Crippen molar-refractivity contribution in [2.45, 2.75) is 52.0 Å². The molecule has 0 bridgehead atoms. The monoisotopic (exact) mass is 472 g/mol. The minimum atomic E-state index is -0.842. The number of anilines is 1. The molecule has 0 unspecified atom stereocenters. The van der Waals surface area contributed by atoms with E-state index in [2.05, 4.69) is 10.6 Å². The minimum absolute atomic E-state index is 0.115. The number of rotatable bonds is 9. The molecule has 10 heteroatoms. The molecule has 0 aromatic heterocycles. The Morgan fingerprint density at radius 2 is 1.87 bits per heavy atom. The Morgan fingerprint density at radius 1 is 1.19 bits per heavy atom. The van der Waals surface area contributed by atoms with Crippen LogP contribution in [0.2, 0.25) is 10.0 Å². The highest BCUT2D eigenvalue weighted by Crippen LogP contribution is 2.27. The van der Waals surface area contributed by atoms with E-state index in [0.717, 1.165) is 25.7 Å². The van der Waals surface area contributed by atoms with E-state index in [-0.39, 0.29) is 18.4 Å². The van der Waals surface area contributed by atoms with Crippen molar-refractivity contribution in [2.75, 3.05) is 18.4 Å². The number of nitrogens with one attached hydrogen (secondary N) is 3. The van der Waals surface area contributed by atoms with Gasteiger partial charge in [-0.3, -0.25) is 14.8 Å². The molecule has 8 nitrogen and oxygen atoms in total. The second kappa shape index (κ2) is 12.1. The molecular weight excluding hydrogens is 443 g/mol. The average Bonchev–Trinajstić information content (AvgIpc) is 3.21. The second-order valence-electron chi connectivity index (χ2n) is 8.31. The van der Waals surface area contributed by atoms with E-state index in [0.29, 0.717) is 34.6 Å². The fraction of sp³-hybridized carbons (Fsp3) is 0.571. The van der Waals surface area contributed by atoms with Crippen LogP contribution in [0.4, 0.5) is 10.5 Å². The molecule has 4 amide bonds. The molecule has 1 atom stereocenters. The number of carbonyl (C=O) groups is 3. The molecule has 1 aliphatic carbocycles. The maximum Gasteiger partial charge on any atom is 0.319 e. The van der Waals surface area contributed by atoms with Crippen molar-refractivity contribution in [3.63, 3.8) is 0 Å². The number of hydrogen-bond acceptors (Lipinski definition) is 4. The average molecular weight is 473 g/mol. The lowest BCUT2D eigenvalue weighted by Gasteiger charge is -2.30. The van der Waals surface area contributed by atoms with Crippen LogP contribution in [0, 0.1) is 11.8 Å². The van der Waals surface area contributed by atoms with Crippen LogP contribution in [0.5, 0.6) is 0 Å². The number of benzene rings is 1. The molecule has 2 rings (SSSR count). The van der Waals surface area contributed by atoms with Gasteiger partial charge in [-0.2, -0.15) is 0 Å². The highest BCUT2D eigenvalue weighted by molar-refractivity contribution is 6.35. The lowest BCUT2D eigenvalue weighted by atomic mass is 10.0. The molecule has 1 saturated carbocycles. The van der Waals surface area contributed by atoms with E-state index in [1.807, 2.05) is 13.8 Å². The van der Waals surface area contributed by atoms with Crippen molar-refractivity contribution in [2.24, 2.45) is 11.8 Å². The van der Waals surface area contributed by atoms with Gasteiger partial charge in [0, 0.05) is 11.6 Å². The topological polar surface area (TPSA) is 111 Å². The third kappa shape index (κ3) is 8.20. The minimum Gasteiger partial charge on any atom is -0.331 e. The van der Waals surface area contributed by atoms with Crippen molar-refractivity contribution in [3.05, 3.63) is 28.2 Å². The Kier molecular flexibility index (Phi) is 9.87. The number of carbonyl (C=O) groups excluding carboxylic acids is 3. The van der Waals surface area contributed by atoms with Crippen molar-refractivity contribution >= 4 is 46.7 Å². The number of halogens is 2. The van der Waals surface area contributed by atoms with E-state index in [1.165, 1.54) is 11.0 Å². The van der Waals surface area contributed by atoms with Gasteiger partial charge in [0.15, 0.2) is 0 Å². The quantitative estimate of drug-likeness (QED) is 0.320. The fourth-order valence-electron chi connectivity index (χ4n) is 3.77. The molecule has 4 N–H and O–H groups in total.